The van der Waals surface area contributed by atoms with E-state index in [0.717, 1.165) is 5.82 Å². The molecular weight excluding hydrogens is 190 g/mol. The highest BCUT2D eigenvalue weighted by Gasteiger charge is 2.04. The third-order valence-corrected chi connectivity index (χ3v) is 2.03. The second-order valence-electron chi connectivity index (χ2n) is 2.55. The van der Waals surface area contributed by atoms with E-state index in [2.05, 4.69) is 14.9 Å². The Labute approximate surface area is 80.7 Å². The average molecular weight is 201 g/mol. The summed E-state index contributed by atoms with van der Waals surface area (Å²) >= 11 is 4.95. The van der Waals surface area contributed by atoms with Crippen LogP contribution in [0.4, 0.5) is 0 Å². The van der Waals surface area contributed by atoms with Crippen LogP contribution in [0.15, 0.2) is 0 Å². The van der Waals surface area contributed by atoms with Gasteiger partial charge in [-0.15, -0.1) is 0 Å². The highest BCUT2D eigenvalue weighted by molar-refractivity contribution is 7.71. The third kappa shape index (κ3) is 2.38. The lowest BCUT2D eigenvalue weighted by Gasteiger charge is -2.01. The number of rotatable bonds is 3. The van der Waals surface area contributed by atoms with E-state index >= 15 is 0 Å². The third-order valence-electron chi connectivity index (χ3n) is 1.72. The molecule has 0 unspecified atom stereocenters. The molecule has 6 heteroatoms. The Hall–Kier alpha value is -1.17. The van der Waals surface area contributed by atoms with Gasteiger partial charge in [-0.2, -0.15) is 5.10 Å². The van der Waals surface area contributed by atoms with Crippen molar-refractivity contribution in [2.24, 2.45) is 0 Å². The van der Waals surface area contributed by atoms with Crippen molar-refractivity contribution < 1.29 is 9.53 Å². The van der Waals surface area contributed by atoms with Gasteiger partial charge >= 0.3 is 5.97 Å². The number of nitrogens with one attached hydrogen (secondary N) is 1. The van der Waals surface area contributed by atoms with Gasteiger partial charge in [0.25, 0.3) is 0 Å². The summed E-state index contributed by atoms with van der Waals surface area (Å²) in [7, 11) is 1.36. The summed E-state index contributed by atoms with van der Waals surface area (Å²) in [4.78, 5) is 10.8. The molecule has 0 saturated carbocycles. The monoisotopic (exact) mass is 201 g/mol. The molecule has 72 valence electrons. The summed E-state index contributed by atoms with van der Waals surface area (Å²) < 4.78 is 6.80. The van der Waals surface area contributed by atoms with Gasteiger partial charge in [0.05, 0.1) is 13.5 Å². The molecule has 0 aliphatic rings. The number of hydrogen-bond donors (Lipinski definition) is 1. The molecule has 1 heterocycles. The summed E-state index contributed by atoms with van der Waals surface area (Å²) in [5.74, 6) is 0.524. The Bertz CT molecular complexity index is 355. The average Bonchev–Trinajstić information content (AvgIpc) is 2.43. The number of carbonyl (C=O) groups excluding carboxylic acids is 1. The van der Waals surface area contributed by atoms with Gasteiger partial charge < -0.3 is 9.30 Å². The van der Waals surface area contributed by atoms with Crippen LogP contribution in [0.1, 0.15) is 12.2 Å². The van der Waals surface area contributed by atoms with E-state index in [4.69, 9.17) is 12.2 Å². The number of aryl methyl sites for hydroxylation is 1. The predicted octanol–water partition coefficient (Wildman–Crippen LogP) is 0.812. The molecule has 1 aromatic heterocycles. The maximum absolute atomic E-state index is 10.8. The van der Waals surface area contributed by atoms with E-state index in [1.165, 1.54) is 7.11 Å². The second-order valence-corrected chi connectivity index (χ2v) is 2.94. The lowest BCUT2D eigenvalue weighted by atomic mass is 10.4. The van der Waals surface area contributed by atoms with Crippen molar-refractivity contribution in [2.45, 2.75) is 19.9 Å². The highest BCUT2D eigenvalue weighted by Crippen LogP contribution is 1.98. The molecule has 5 nitrogen and oxygen atoms in total. The largest absolute Gasteiger partial charge is 0.469 e. The van der Waals surface area contributed by atoms with E-state index < -0.39 is 0 Å². The predicted molar refractivity (Wildman–Crippen MR) is 48.8 cm³/mol. The molecule has 1 N–H and O–H groups in total. The van der Waals surface area contributed by atoms with Gasteiger partial charge in [0.15, 0.2) is 4.77 Å². The Morgan fingerprint density at radius 2 is 2.46 bits per heavy atom. The number of aromatic amines is 1. The van der Waals surface area contributed by atoms with Gasteiger partial charge in [-0.05, 0) is 19.1 Å². The Morgan fingerprint density at radius 3 is 2.92 bits per heavy atom. The standard InChI is InChI=1S/C7H11N3O2S/c1-5-8-9-7(13)10(5)4-3-6(11)12-2/h3-4H2,1-2H3,(H,9,13). The van der Waals surface area contributed by atoms with E-state index in [-0.39, 0.29) is 5.97 Å². The van der Waals surface area contributed by atoms with Crippen molar-refractivity contribution in [3.05, 3.63) is 10.6 Å². The van der Waals surface area contributed by atoms with Crippen LogP contribution in [0.5, 0.6) is 0 Å². The van der Waals surface area contributed by atoms with Crippen molar-refractivity contribution in [1.29, 1.82) is 0 Å². The van der Waals surface area contributed by atoms with Crippen LogP contribution in [-0.2, 0) is 16.1 Å². The van der Waals surface area contributed by atoms with Crippen LogP contribution in [-0.4, -0.2) is 27.8 Å². The Balaban J connectivity index is 2.64. The SMILES string of the molecule is COC(=O)CCn1c(C)n[nH]c1=S. The minimum atomic E-state index is -0.248. The molecule has 13 heavy (non-hydrogen) atoms. The first-order valence-corrected chi connectivity index (χ1v) is 4.24. The Kier molecular flexibility index (Phi) is 3.18. The Morgan fingerprint density at radius 1 is 1.77 bits per heavy atom. The molecule has 0 atom stereocenters. The van der Waals surface area contributed by atoms with Crippen LogP contribution in [0.2, 0.25) is 0 Å². The van der Waals surface area contributed by atoms with Gasteiger partial charge in [-0.3, -0.25) is 9.89 Å². The summed E-state index contributed by atoms with van der Waals surface area (Å²) in [5.41, 5.74) is 0. The number of methoxy groups -OCH3 is 1. The molecule has 0 bridgehead atoms. The number of esters is 1. The fourth-order valence-corrected chi connectivity index (χ4v) is 1.23. The fraction of sp³-hybridized carbons (Fsp3) is 0.571. The van der Waals surface area contributed by atoms with Gasteiger partial charge in [0.1, 0.15) is 5.82 Å². The van der Waals surface area contributed by atoms with Crippen LogP contribution in [0, 0.1) is 11.7 Å². The van der Waals surface area contributed by atoms with Crippen LogP contribution >= 0.6 is 12.2 Å². The van der Waals surface area contributed by atoms with E-state index in [1.54, 1.807) is 4.57 Å². The van der Waals surface area contributed by atoms with Crippen molar-refractivity contribution in [3.8, 4) is 0 Å². The van der Waals surface area contributed by atoms with E-state index in [1.807, 2.05) is 6.92 Å². The second kappa shape index (κ2) is 4.18. The molecule has 0 aromatic carbocycles. The lowest BCUT2D eigenvalue weighted by molar-refractivity contribution is -0.140. The van der Waals surface area contributed by atoms with Crippen molar-refractivity contribution in [1.82, 2.24) is 14.8 Å². The number of ether oxygens (including phenoxy) is 1. The van der Waals surface area contributed by atoms with Gasteiger partial charge in [-0.25, -0.2) is 0 Å². The topological polar surface area (TPSA) is 59.9 Å². The molecule has 0 saturated heterocycles. The number of nitrogens with zero attached hydrogens (tertiary/aromatic N) is 2. The van der Waals surface area contributed by atoms with Crippen molar-refractivity contribution in [3.63, 3.8) is 0 Å². The van der Waals surface area contributed by atoms with Crippen LogP contribution < -0.4 is 0 Å². The molecule has 1 aromatic rings. The molecule has 0 aliphatic heterocycles. The van der Waals surface area contributed by atoms with E-state index in [9.17, 15) is 4.79 Å². The maximum atomic E-state index is 10.8. The normalized spacial score (nSPS) is 10.0. The first-order chi connectivity index (χ1) is 6.15. The molecule has 0 amide bonds. The first-order valence-electron chi connectivity index (χ1n) is 3.83. The lowest BCUT2D eigenvalue weighted by Crippen LogP contribution is -2.08. The number of hydrogen-bond acceptors (Lipinski definition) is 4. The van der Waals surface area contributed by atoms with E-state index in [0.29, 0.717) is 17.7 Å². The minimum absolute atomic E-state index is 0.248. The molecule has 0 radical (unpaired) electrons. The molecule has 0 fully saturated rings. The fourth-order valence-electron chi connectivity index (χ4n) is 0.965. The maximum Gasteiger partial charge on any atom is 0.307 e. The van der Waals surface area contributed by atoms with Crippen molar-refractivity contribution in [2.75, 3.05) is 7.11 Å². The molecular formula is C7H11N3O2S. The van der Waals surface area contributed by atoms with Gasteiger partial charge in [-0.1, -0.05) is 0 Å². The van der Waals surface area contributed by atoms with Gasteiger partial charge in [0.2, 0.25) is 0 Å². The molecule has 0 aliphatic carbocycles. The number of aromatic nitrogens is 3. The smallest absolute Gasteiger partial charge is 0.307 e. The number of H-pyrrole nitrogens is 1. The van der Waals surface area contributed by atoms with Crippen molar-refractivity contribution >= 4 is 18.2 Å². The van der Waals surface area contributed by atoms with Crippen LogP contribution in [0.3, 0.4) is 0 Å². The molecule has 1 rings (SSSR count). The minimum Gasteiger partial charge on any atom is -0.469 e. The summed E-state index contributed by atoms with van der Waals surface area (Å²) in [6.07, 6.45) is 0.311. The summed E-state index contributed by atoms with van der Waals surface area (Å²) in [6, 6.07) is 0. The van der Waals surface area contributed by atoms with Crippen LogP contribution in [0.25, 0.3) is 0 Å². The zero-order chi connectivity index (χ0) is 9.84. The summed E-state index contributed by atoms with van der Waals surface area (Å²) in [5, 5.41) is 6.56. The van der Waals surface area contributed by atoms with Gasteiger partial charge in [0, 0.05) is 6.54 Å². The highest BCUT2D eigenvalue weighted by atomic mass is 32.1. The number of carbonyl (C=O) groups is 1. The molecule has 0 spiro atoms. The zero-order valence-corrected chi connectivity index (χ0v) is 8.35. The summed E-state index contributed by atoms with van der Waals surface area (Å²) in [6.45, 7) is 2.33. The zero-order valence-electron chi connectivity index (χ0n) is 7.53. The quantitative estimate of drug-likeness (QED) is 0.580. The first kappa shape index (κ1) is 9.91.